The number of hydrogen-bond donors (Lipinski definition) is 1. The van der Waals surface area contributed by atoms with Crippen molar-refractivity contribution in [3.63, 3.8) is 0 Å². The number of fused-ring (bicyclic) bond motifs is 1. The molecule has 0 radical (unpaired) electrons. The largest absolute Gasteiger partial charge is 0.507 e. The summed E-state index contributed by atoms with van der Waals surface area (Å²) in [4.78, 5) is 13.1. The molecule has 4 nitrogen and oxygen atoms in total. The average Bonchev–Trinajstić information content (AvgIpc) is 3.10. The summed E-state index contributed by atoms with van der Waals surface area (Å²) < 4.78 is 12.0. The summed E-state index contributed by atoms with van der Waals surface area (Å²) in [5.41, 5.74) is 1.82. The molecule has 2 aromatic rings. The maximum Gasteiger partial charge on any atom is 0.170 e. The highest BCUT2D eigenvalue weighted by Gasteiger charge is 2.43. The van der Waals surface area contributed by atoms with Crippen LogP contribution in [0.15, 0.2) is 48.6 Å². The van der Waals surface area contributed by atoms with Gasteiger partial charge in [-0.1, -0.05) is 50.3 Å². The van der Waals surface area contributed by atoms with Gasteiger partial charge in [0.2, 0.25) is 0 Å². The number of aromatic hydroxyl groups is 1. The van der Waals surface area contributed by atoms with E-state index in [9.17, 15) is 9.90 Å². The van der Waals surface area contributed by atoms with Crippen molar-refractivity contribution in [3.05, 3.63) is 65.2 Å². The molecule has 4 heteroatoms. The molecule has 0 aromatic heterocycles. The first kappa shape index (κ1) is 20.5. The predicted molar refractivity (Wildman–Crippen MR) is 118 cm³/mol. The highest BCUT2D eigenvalue weighted by atomic mass is 16.5. The lowest BCUT2D eigenvalue weighted by molar-refractivity contribution is 0.0954. The first-order chi connectivity index (χ1) is 14.4. The van der Waals surface area contributed by atoms with E-state index in [-0.39, 0.29) is 17.1 Å². The van der Waals surface area contributed by atoms with Gasteiger partial charge < -0.3 is 14.6 Å². The van der Waals surface area contributed by atoms with E-state index in [1.807, 2.05) is 30.3 Å². The number of carbonyl (C=O) groups excluding carboxylic acids is 1. The molecule has 0 saturated heterocycles. The zero-order valence-electron chi connectivity index (χ0n) is 18.0. The molecule has 1 aliphatic heterocycles. The molecule has 0 saturated carbocycles. The Morgan fingerprint density at radius 2 is 2.07 bits per heavy atom. The molecule has 2 aliphatic rings. The normalized spacial score (nSPS) is 22.2. The average molecular weight is 407 g/mol. The maximum atomic E-state index is 13.1. The van der Waals surface area contributed by atoms with Crippen molar-refractivity contribution < 1.29 is 19.4 Å². The van der Waals surface area contributed by atoms with Crippen LogP contribution < -0.4 is 9.47 Å². The SMILES string of the molecule is COc1cc(O)c(C(=O)CCc2ccccc2)c2c1C[C@]1(C=C[C@H](C(C)C)CC1)O2. The summed E-state index contributed by atoms with van der Waals surface area (Å²) in [5, 5.41) is 10.7. The molecular weight excluding hydrogens is 376 g/mol. The number of rotatable bonds is 6. The van der Waals surface area contributed by atoms with Gasteiger partial charge in [-0.3, -0.25) is 4.79 Å². The molecule has 158 valence electrons. The second kappa shape index (κ2) is 8.17. The van der Waals surface area contributed by atoms with Crippen molar-refractivity contribution in [2.45, 2.75) is 51.6 Å². The molecular formula is C26H30O4. The standard InChI is InChI=1S/C26H30O4/c1-17(2)19-11-13-26(14-12-19)16-20-23(29-3)15-22(28)24(25(20)30-26)21(27)10-9-18-7-5-4-6-8-18/h4-8,11,13,15,17,19,28H,9-10,12,14,16H2,1-3H3/t19-,26+/m0/s1. The second-order valence-corrected chi connectivity index (χ2v) is 8.84. The molecule has 1 aliphatic carbocycles. The third-order valence-electron chi connectivity index (χ3n) is 6.49. The number of phenolic OH excluding ortho intramolecular Hbond substituents is 1. The van der Waals surface area contributed by atoms with Crippen LogP contribution in [0.2, 0.25) is 0 Å². The van der Waals surface area contributed by atoms with Crippen molar-refractivity contribution in [1.29, 1.82) is 0 Å². The van der Waals surface area contributed by atoms with Crippen molar-refractivity contribution in [2.75, 3.05) is 7.11 Å². The first-order valence-electron chi connectivity index (χ1n) is 10.8. The number of ether oxygens (including phenoxy) is 2. The summed E-state index contributed by atoms with van der Waals surface area (Å²) in [6, 6.07) is 11.5. The number of carbonyl (C=O) groups is 1. The van der Waals surface area contributed by atoms with Crippen molar-refractivity contribution in [2.24, 2.45) is 11.8 Å². The number of allylic oxidation sites excluding steroid dienone is 1. The third-order valence-corrected chi connectivity index (χ3v) is 6.49. The molecule has 0 fully saturated rings. The molecule has 0 unspecified atom stereocenters. The van der Waals surface area contributed by atoms with Gasteiger partial charge in [0.1, 0.15) is 28.4 Å². The minimum Gasteiger partial charge on any atom is -0.507 e. The van der Waals surface area contributed by atoms with Crippen LogP contribution >= 0.6 is 0 Å². The van der Waals surface area contributed by atoms with E-state index in [1.54, 1.807) is 13.2 Å². The van der Waals surface area contributed by atoms with Gasteiger partial charge in [0.25, 0.3) is 0 Å². The molecule has 2 aromatic carbocycles. The molecule has 4 rings (SSSR count). The van der Waals surface area contributed by atoms with Gasteiger partial charge in [0.15, 0.2) is 5.78 Å². The van der Waals surface area contributed by atoms with Gasteiger partial charge >= 0.3 is 0 Å². The van der Waals surface area contributed by atoms with Crippen LogP contribution in [-0.4, -0.2) is 23.6 Å². The molecule has 30 heavy (non-hydrogen) atoms. The zero-order valence-corrected chi connectivity index (χ0v) is 18.0. The minimum atomic E-state index is -0.455. The Morgan fingerprint density at radius 3 is 2.70 bits per heavy atom. The Labute approximate surface area is 178 Å². The van der Waals surface area contributed by atoms with Crippen LogP contribution in [-0.2, 0) is 12.8 Å². The van der Waals surface area contributed by atoms with Crippen LogP contribution in [0.25, 0.3) is 0 Å². The van der Waals surface area contributed by atoms with Crippen molar-refractivity contribution in [1.82, 2.24) is 0 Å². The fraction of sp³-hybridized carbons (Fsp3) is 0.423. The van der Waals surface area contributed by atoms with Gasteiger partial charge in [-0.25, -0.2) is 0 Å². The smallest absolute Gasteiger partial charge is 0.170 e. The number of ketones is 1. The monoisotopic (exact) mass is 406 g/mol. The minimum absolute atomic E-state index is 0.0689. The Kier molecular flexibility index (Phi) is 5.59. The predicted octanol–water partition coefficient (Wildman–Crippen LogP) is 5.51. The number of methoxy groups -OCH3 is 1. The van der Waals surface area contributed by atoms with Gasteiger partial charge in [-0.15, -0.1) is 0 Å². The van der Waals surface area contributed by atoms with E-state index in [2.05, 4.69) is 26.0 Å². The number of hydrogen-bond acceptors (Lipinski definition) is 4. The van der Waals surface area contributed by atoms with E-state index in [4.69, 9.17) is 9.47 Å². The van der Waals surface area contributed by atoms with E-state index in [0.29, 0.717) is 42.6 Å². The molecule has 1 spiro atoms. The molecule has 2 atom stereocenters. The molecule has 1 N–H and O–H groups in total. The molecule has 1 heterocycles. The summed E-state index contributed by atoms with van der Waals surface area (Å²) in [5.74, 6) is 2.05. The first-order valence-corrected chi connectivity index (χ1v) is 10.8. The van der Waals surface area contributed by atoms with Gasteiger partial charge in [-0.05, 0) is 42.7 Å². The lowest BCUT2D eigenvalue weighted by Crippen LogP contribution is -2.35. The number of Topliss-reactive ketones (excluding diaryl/α,β-unsaturated/α-hetero) is 1. The summed E-state index contributed by atoms with van der Waals surface area (Å²) >= 11 is 0. The lowest BCUT2D eigenvalue weighted by atomic mass is 9.78. The van der Waals surface area contributed by atoms with E-state index in [1.165, 1.54) is 0 Å². The quantitative estimate of drug-likeness (QED) is 0.507. The summed E-state index contributed by atoms with van der Waals surface area (Å²) in [6.07, 6.45) is 7.96. The van der Waals surface area contributed by atoms with Crippen LogP contribution in [0.1, 0.15) is 54.6 Å². The maximum absolute atomic E-state index is 13.1. The topological polar surface area (TPSA) is 55.8 Å². The second-order valence-electron chi connectivity index (χ2n) is 8.84. The third kappa shape index (κ3) is 3.83. The number of phenols is 1. The van der Waals surface area contributed by atoms with E-state index in [0.717, 1.165) is 24.0 Å². The van der Waals surface area contributed by atoms with E-state index >= 15 is 0 Å². The van der Waals surface area contributed by atoms with Crippen LogP contribution in [0.3, 0.4) is 0 Å². The Balaban J connectivity index is 1.63. The Bertz CT molecular complexity index is 961. The van der Waals surface area contributed by atoms with Gasteiger partial charge in [0, 0.05) is 24.5 Å². The summed E-state index contributed by atoms with van der Waals surface area (Å²) in [6.45, 7) is 4.48. The molecule has 0 bridgehead atoms. The highest BCUT2D eigenvalue weighted by Crippen LogP contribution is 2.50. The van der Waals surface area contributed by atoms with Crippen molar-refractivity contribution in [3.8, 4) is 17.2 Å². The van der Waals surface area contributed by atoms with E-state index < -0.39 is 5.60 Å². The fourth-order valence-electron chi connectivity index (χ4n) is 4.64. The Hall–Kier alpha value is -2.75. The van der Waals surface area contributed by atoms with Gasteiger partial charge in [0.05, 0.1) is 7.11 Å². The van der Waals surface area contributed by atoms with Crippen molar-refractivity contribution >= 4 is 5.78 Å². The lowest BCUT2D eigenvalue weighted by Gasteiger charge is -2.33. The number of benzene rings is 2. The number of aryl methyl sites for hydroxylation is 1. The Morgan fingerprint density at radius 1 is 1.30 bits per heavy atom. The molecule has 0 amide bonds. The van der Waals surface area contributed by atoms with Crippen LogP contribution in [0.5, 0.6) is 17.2 Å². The van der Waals surface area contributed by atoms with Crippen LogP contribution in [0.4, 0.5) is 0 Å². The summed E-state index contributed by atoms with van der Waals surface area (Å²) in [7, 11) is 1.59. The highest BCUT2D eigenvalue weighted by molar-refractivity contribution is 6.02. The van der Waals surface area contributed by atoms with Gasteiger partial charge in [-0.2, -0.15) is 0 Å². The fourth-order valence-corrected chi connectivity index (χ4v) is 4.64. The van der Waals surface area contributed by atoms with Crippen LogP contribution in [0, 0.1) is 11.8 Å². The zero-order chi connectivity index (χ0) is 21.3.